The van der Waals surface area contributed by atoms with Gasteiger partial charge in [-0.1, -0.05) is 75.0 Å². The number of aromatic nitrogens is 1. The number of ether oxygens (including phenoxy) is 1. The molecule has 4 aromatic carbocycles. The Morgan fingerprint density at radius 3 is 2.32 bits per heavy atom. The summed E-state index contributed by atoms with van der Waals surface area (Å²) >= 11 is 23.6. The van der Waals surface area contributed by atoms with E-state index >= 15 is 0 Å². The summed E-state index contributed by atoms with van der Waals surface area (Å²) in [6.45, 7) is 0.318. The maximum absolute atomic E-state index is 12.6. The van der Waals surface area contributed by atoms with E-state index in [-0.39, 0.29) is 5.91 Å². The summed E-state index contributed by atoms with van der Waals surface area (Å²) in [6, 6.07) is 25.6. The molecular weight excluding hydrogens is 667 g/mol. The van der Waals surface area contributed by atoms with Crippen LogP contribution in [0.15, 0.2) is 99.9 Å². The van der Waals surface area contributed by atoms with Crippen molar-refractivity contribution in [3.8, 4) is 17.0 Å². The molecule has 206 valence electrons. The first-order chi connectivity index (χ1) is 19.8. The molecule has 0 radical (unpaired) electrons. The number of amides is 1. The Morgan fingerprint density at radius 1 is 0.951 bits per heavy atom. The van der Waals surface area contributed by atoms with Gasteiger partial charge in [-0.15, -0.1) is 11.3 Å². The van der Waals surface area contributed by atoms with Crippen molar-refractivity contribution in [2.75, 3.05) is 5.32 Å². The van der Waals surface area contributed by atoms with Gasteiger partial charge in [0.25, 0.3) is 5.91 Å². The molecule has 0 unspecified atom stereocenters. The number of hydrazone groups is 1. The average Bonchev–Trinajstić information content (AvgIpc) is 3.43. The average molecular weight is 687 g/mol. The highest BCUT2D eigenvalue weighted by Gasteiger charge is 2.11. The quantitative estimate of drug-likeness (QED) is 0.120. The van der Waals surface area contributed by atoms with Crippen LogP contribution in [0.25, 0.3) is 11.3 Å². The van der Waals surface area contributed by atoms with Gasteiger partial charge in [0.2, 0.25) is 0 Å². The summed E-state index contributed by atoms with van der Waals surface area (Å²) in [5.74, 6) is 0.0216. The third-order valence-electron chi connectivity index (χ3n) is 5.74. The van der Waals surface area contributed by atoms with Gasteiger partial charge in [-0.3, -0.25) is 4.79 Å². The molecule has 0 fully saturated rings. The highest BCUT2D eigenvalue weighted by atomic mass is 79.9. The maximum Gasteiger partial charge on any atom is 0.271 e. The molecule has 0 bridgehead atoms. The van der Waals surface area contributed by atoms with E-state index in [9.17, 15) is 4.79 Å². The lowest BCUT2D eigenvalue weighted by Crippen LogP contribution is -2.17. The summed E-state index contributed by atoms with van der Waals surface area (Å²) in [5.41, 5.74) is 7.14. The summed E-state index contributed by atoms with van der Waals surface area (Å²) in [7, 11) is 0. The molecule has 0 aliphatic heterocycles. The van der Waals surface area contributed by atoms with E-state index < -0.39 is 0 Å². The molecule has 0 saturated heterocycles. The van der Waals surface area contributed by atoms with Crippen molar-refractivity contribution >= 4 is 85.0 Å². The molecule has 1 amide bonds. The first kappa shape index (κ1) is 29.1. The van der Waals surface area contributed by atoms with Crippen LogP contribution in [0.3, 0.4) is 0 Å². The van der Waals surface area contributed by atoms with Gasteiger partial charge in [0, 0.05) is 31.7 Å². The largest absolute Gasteiger partial charge is 0.486 e. The van der Waals surface area contributed by atoms with Gasteiger partial charge in [0.1, 0.15) is 6.61 Å². The van der Waals surface area contributed by atoms with Gasteiger partial charge in [-0.05, 0) is 71.8 Å². The third-order valence-corrected chi connectivity index (χ3v) is 7.84. The molecule has 5 aromatic rings. The molecule has 0 spiro atoms. The lowest BCUT2D eigenvalue weighted by atomic mass is 10.1. The van der Waals surface area contributed by atoms with Gasteiger partial charge in [-0.2, -0.15) is 5.10 Å². The van der Waals surface area contributed by atoms with Crippen molar-refractivity contribution in [1.82, 2.24) is 10.4 Å². The molecule has 6 nitrogen and oxygen atoms in total. The number of benzene rings is 4. The second kappa shape index (κ2) is 13.5. The Bertz CT molecular complexity index is 1670. The van der Waals surface area contributed by atoms with Crippen LogP contribution in [0, 0.1) is 0 Å². The zero-order valence-electron chi connectivity index (χ0n) is 21.1. The number of anilines is 2. The van der Waals surface area contributed by atoms with Gasteiger partial charge >= 0.3 is 0 Å². The SMILES string of the molecule is O=C(N/N=C\c1cc(Cl)c(OCc2ccc(Br)cc2)c(Cl)c1)c1ccc(-c2csc(Nc3ccc(Cl)cc3)n2)cc1. The van der Waals surface area contributed by atoms with Gasteiger partial charge in [0.15, 0.2) is 10.9 Å². The predicted octanol–water partition coefficient (Wildman–Crippen LogP) is 9.62. The first-order valence-electron chi connectivity index (χ1n) is 12.1. The van der Waals surface area contributed by atoms with Crippen molar-refractivity contribution in [1.29, 1.82) is 0 Å². The number of nitrogens with zero attached hydrogens (tertiary/aromatic N) is 2. The second-order valence-electron chi connectivity index (χ2n) is 8.68. The summed E-state index contributed by atoms with van der Waals surface area (Å²) in [5, 5.41) is 11.4. The molecule has 0 saturated carbocycles. The van der Waals surface area contributed by atoms with Crippen LogP contribution in [0.5, 0.6) is 5.75 Å². The molecule has 0 aliphatic carbocycles. The molecule has 1 aromatic heterocycles. The van der Waals surface area contributed by atoms with E-state index in [4.69, 9.17) is 39.5 Å². The summed E-state index contributed by atoms with van der Waals surface area (Å²) < 4.78 is 6.80. The Morgan fingerprint density at radius 2 is 1.63 bits per heavy atom. The minimum atomic E-state index is -0.359. The molecular formula is C30H20BrCl3N4O2S. The summed E-state index contributed by atoms with van der Waals surface area (Å²) in [6.07, 6.45) is 1.47. The monoisotopic (exact) mass is 684 g/mol. The molecule has 41 heavy (non-hydrogen) atoms. The number of carbonyl (C=O) groups is 1. The minimum absolute atomic E-state index is 0.318. The molecule has 0 aliphatic rings. The molecule has 11 heteroatoms. The maximum atomic E-state index is 12.6. The van der Waals surface area contributed by atoms with Crippen LogP contribution in [0.1, 0.15) is 21.5 Å². The third kappa shape index (κ3) is 7.87. The zero-order valence-corrected chi connectivity index (χ0v) is 25.7. The minimum Gasteiger partial charge on any atom is -0.486 e. The summed E-state index contributed by atoms with van der Waals surface area (Å²) in [4.78, 5) is 17.2. The van der Waals surface area contributed by atoms with E-state index in [1.165, 1.54) is 17.6 Å². The van der Waals surface area contributed by atoms with Crippen LogP contribution in [0.2, 0.25) is 15.1 Å². The zero-order chi connectivity index (χ0) is 28.8. The first-order valence-corrected chi connectivity index (χ1v) is 14.9. The van der Waals surface area contributed by atoms with Crippen molar-refractivity contribution in [2.24, 2.45) is 5.10 Å². The van der Waals surface area contributed by atoms with Crippen LogP contribution >= 0.6 is 62.1 Å². The van der Waals surface area contributed by atoms with E-state index in [2.05, 4.69) is 36.8 Å². The van der Waals surface area contributed by atoms with Crippen LogP contribution in [0.4, 0.5) is 10.8 Å². The Balaban J connectivity index is 1.16. The van der Waals surface area contributed by atoms with Gasteiger partial charge < -0.3 is 10.1 Å². The van der Waals surface area contributed by atoms with E-state index in [0.717, 1.165) is 32.1 Å². The molecule has 2 N–H and O–H groups in total. The molecule has 1 heterocycles. The Hall–Kier alpha value is -3.40. The normalized spacial score (nSPS) is 11.0. The highest BCUT2D eigenvalue weighted by molar-refractivity contribution is 9.10. The van der Waals surface area contributed by atoms with Crippen LogP contribution in [-0.2, 0) is 6.61 Å². The lowest BCUT2D eigenvalue weighted by molar-refractivity contribution is 0.0955. The number of hydrogen-bond donors (Lipinski definition) is 2. The number of nitrogens with one attached hydrogen (secondary N) is 2. The Kier molecular flexibility index (Phi) is 9.59. The fourth-order valence-corrected chi connectivity index (χ4v) is 5.41. The topological polar surface area (TPSA) is 75.6 Å². The fourth-order valence-electron chi connectivity index (χ4n) is 3.67. The Labute approximate surface area is 264 Å². The number of hydrogen-bond acceptors (Lipinski definition) is 6. The highest BCUT2D eigenvalue weighted by Crippen LogP contribution is 2.34. The number of carbonyl (C=O) groups excluding carboxylic acids is 1. The number of thiazole rings is 1. The predicted molar refractivity (Wildman–Crippen MR) is 172 cm³/mol. The van der Waals surface area contributed by atoms with Crippen molar-refractivity contribution in [2.45, 2.75) is 6.61 Å². The standard InChI is InChI=1S/C30H20BrCl3N4O2S/c31-22-7-1-18(2-8-22)16-40-28-25(33)13-19(14-26(28)34)15-35-38-29(39)21-5-3-20(4-6-21)27-17-41-30(37-27)36-24-11-9-23(32)10-12-24/h1-15,17H,16H2,(H,36,37)(H,38,39)/b35-15-. The van der Waals surface area contributed by atoms with Crippen LogP contribution < -0.4 is 15.5 Å². The fraction of sp³-hybridized carbons (Fsp3) is 0.0333. The second-order valence-corrected chi connectivity index (χ2v) is 11.7. The van der Waals surface area contributed by atoms with E-state index in [1.54, 1.807) is 24.3 Å². The number of rotatable bonds is 9. The molecule has 0 atom stereocenters. The van der Waals surface area contributed by atoms with Crippen molar-refractivity contribution < 1.29 is 9.53 Å². The van der Waals surface area contributed by atoms with Gasteiger partial charge in [0.05, 0.1) is 22.0 Å². The smallest absolute Gasteiger partial charge is 0.271 e. The lowest BCUT2D eigenvalue weighted by Gasteiger charge is -2.11. The van der Waals surface area contributed by atoms with Crippen molar-refractivity contribution in [3.63, 3.8) is 0 Å². The van der Waals surface area contributed by atoms with Crippen LogP contribution in [-0.4, -0.2) is 17.1 Å². The van der Waals surface area contributed by atoms with Gasteiger partial charge in [-0.25, -0.2) is 10.4 Å². The molecule has 5 rings (SSSR count). The van der Waals surface area contributed by atoms with E-state index in [0.29, 0.717) is 38.6 Å². The van der Waals surface area contributed by atoms with E-state index in [1.807, 2.05) is 66.0 Å². The van der Waals surface area contributed by atoms with Crippen molar-refractivity contribution in [3.05, 3.63) is 127 Å². The number of halogens is 4.